The Morgan fingerprint density at radius 1 is 1.09 bits per heavy atom. The molecule has 2 N–H and O–H groups in total. The minimum Gasteiger partial charge on any atom is -0.506 e. The lowest BCUT2D eigenvalue weighted by molar-refractivity contribution is 0.123. The van der Waals surface area contributed by atoms with E-state index >= 15 is 0 Å². The van der Waals surface area contributed by atoms with E-state index in [0.717, 1.165) is 35.3 Å². The van der Waals surface area contributed by atoms with Crippen LogP contribution in [-0.2, 0) is 0 Å². The van der Waals surface area contributed by atoms with Crippen molar-refractivity contribution in [1.29, 1.82) is 0 Å². The van der Waals surface area contributed by atoms with E-state index < -0.39 is 0 Å². The molecule has 0 spiro atoms. The summed E-state index contributed by atoms with van der Waals surface area (Å²) in [6.45, 7) is 4.29. The van der Waals surface area contributed by atoms with Crippen molar-refractivity contribution in [3.8, 4) is 5.75 Å². The fourth-order valence-corrected chi connectivity index (χ4v) is 5.68. The molecule has 0 amide bonds. The Labute approximate surface area is 178 Å². The summed E-state index contributed by atoms with van der Waals surface area (Å²) in [6, 6.07) is 4.64. The maximum absolute atomic E-state index is 10.6. The molecule has 1 aromatic carbocycles. The van der Waals surface area contributed by atoms with Gasteiger partial charge in [0.05, 0.1) is 3.57 Å². The predicted octanol–water partition coefficient (Wildman–Crippen LogP) is 4.58. The van der Waals surface area contributed by atoms with Crippen LogP contribution >= 0.6 is 70.0 Å². The molecular weight excluding hydrogens is 561 g/mol. The topological polar surface area (TPSA) is 35.5 Å². The van der Waals surface area contributed by atoms with Crippen LogP contribution in [0, 0.1) is 13.1 Å². The van der Waals surface area contributed by atoms with E-state index in [0.29, 0.717) is 17.7 Å². The molecule has 0 bridgehead atoms. The van der Waals surface area contributed by atoms with Crippen LogP contribution in [0.25, 0.3) is 0 Å². The van der Waals surface area contributed by atoms with Crippen molar-refractivity contribution in [2.75, 3.05) is 26.2 Å². The summed E-state index contributed by atoms with van der Waals surface area (Å²) in [7, 11) is 0. The first-order valence-corrected chi connectivity index (χ1v) is 9.95. The van der Waals surface area contributed by atoms with Gasteiger partial charge in [-0.15, -0.1) is 24.8 Å². The van der Waals surface area contributed by atoms with Crippen LogP contribution in [0.5, 0.6) is 5.75 Å². The molecular formula is C16H24Cl2I2N2O. The predicted molar refractivity (Wildman–Crippen MR) is 117 cm³/mol. The van der Waals surface area contributed by atoms with Crippen LogP contribution in [0.4, 0.5) is 0 Å². The Morgan fingerprint density at radius 3 is 2.30 bits per heavy atom. The number of phenols is 1. The average molecular weight is 585 g/mol. The second-order valence-electron chi connectivity index (χ2n) is 6.10. The lowest BCUT2D eigenvalue weighted by Crippen LogP contribution is -2.46. The monoisotopic (exact) mass is 584 g/mol. The number of phenolic OH excluding ortho intramolecular Hbond substituents is 1. The van der Waals surface area contributed by atoms with E-state index in [2.05, 4.69) is 67.5 Å². The van der Waals surface area contributed by atoms with E-state index in [1.807, 2.05) is 0 Å². The highest BCUT2D eigenvalue weighted by Crippen LogP contribution is 2.44. The van der Waals surface area contributed by atoms with Gasteiger partial charge in [-0.3, -0.25) is 4.90 Å². The van der Waals surface area contributed by atoms with Gasteiger partial charge in [-0.1, -0.05) is 12.8 Å². The molecule has 132 valence electrons. The molecule has 0 radical (unpaired) electrons. The van der Waals surface area contributed by atoms with Crippen molar-refractivity contribution in [2.45, 2.75) is 31.7 Å². The number of benzene rings is 1. The normalized spacial score (nSPS) is 20.6. The molecule has 2 aliphatic rings. The lowest BCUT2D eigenvalue weighted by atomic mass is 9.89. The maximum atomic E-state index is 10.6. The molecule has 7 heteroatoms. The van der Waals surface area contributed by atoms with E-state index in [4.69, 9.17) is 0 Å². The Balaban J connectivity index is 0.00000132. The highest BCUT2D eigenvalue weighted by atomic mass is 127. The van der Waals surface area contributed by atoms with Crippen LogP contribution in [-0.4, -0.2) is 36.2 Å². The largest absolute Gasteiger partial charge is 0.506 e. The molecule has 23 heavy (non-hydrogen) atoms. The summed E-state index contributed by atoms with van der Waals surface area (Å²) in [5, 5.41) is 14.1. The third-order valence-corrected chi connectivity index (χ3v) is 6.21. The molecule has 1 heterocycles. The molecule has 1 saturated heterocycles. The van der Waals surface area contributed by atoms with Crippen molar-refractivity contribution in [2.24, 2.45) is 5.92 Å². The molecule has 1 aliphatic heterocycles. The van der Waals surface area contributed by atoms with Gasteiger partial charge in [0.15, 0.2) is 0 Å². The van der Waals surface area contributed by atoms with Gasteiger partial charge < -0.3 is 10.4 Å². The molecule has 1 aromatic rings. The van der Waals surface area contributed by atoms with E-state index in [1.165, 1.54) is 29.3 Å². The first-order chi connectivity index (χ1) is 10.2. The molecule has 1 aliphatic carbocycles. The number of piperazine rings is 1. The first kappa shape index (κ1) is 22.0. The van der Waals surface area contributed by atoms with Crippen LogP contribution in [0.3, 0.4) is 0 Å². The van der Waals surface area contributed by atoms with Gasteiger partial charge in [0.25, 0.3) is 0 Å². The number of aromatic hydroxyl groups is 1. The van der Waals surface area contributed by atoms with Crippen molar-refractivity contribution >= 4 is 70.0 Å². The molecule has 0 unspecified atom stereocenters. The number of hydrogen-bond donors (Lipinski definition) is 2. The quantitative estimate of drug-likeness (QED) is 0.511. The lowest BCUT2D eigenvalue weighted by Gasteiger charge is -2.39. The number of nitrogens with one attached hydrogen (secondary N) is 1. The highest BCUT2D eigenvalue weighted by molar-refractivity contribution is 14.1. The maximum Gasteiger partial charge on any atom is 0.133 e. The average Bonchev–Trinajstić information content (AvgIpc) is 2.99. The molecule has 1 saturated carbocycles. The van der Waals surface area contributed by atoms with Crippen molar-refractivity contribution in [3.63, 3.8) is 0 Å². The number of halogens is 4. The van der Waals surface area contributed by atoms with Crippen LogP contribution in [0.2, 0.25) is 0 Å². The Kier molecular flexibility index (Phi) is 9.77. The Bertz CT molecular complexity index is 507. The second kappa shape index (κ2) is 10.2. The van der Waals surface area contributed by atoms with Crippen molar-refractivity contribution < 1.29 is 5.11 Å². The van der Waals surface area contributed by atoms with E-state index in [-0.39, 0.29) is 24.8 Å². The third-order valence-electron chi connectivity index (χ3n) is 4.77. The van der Waals surface area contributed by atoms with Crippen molar-refractivity contribution in [1.82, 2.24) is 10.2 Å². The summed E-state index contributed by atoms with van der Waals surface area (Å²) in [6.07, 6.45) is 5.29. The highest BCUT2D eigenvalue weighted by Gasteiger charge is 2.34. The van der Waals surface area contributed by atoms with Gasteiger partial charge in [0.1, 0.15) is 5.75 Å². The fourth-order valence-electron chi connectivity index (χ4n) is 3.79. The minimum absolute atomic E-state index is 0. The number of hydrogen-bond acceptors (Lipinski definition) is 3. The summed E-state index contributed by atoms with van der Waals surface area (Å²) < 4.78 is 2.20. The summed E-state index contributed by atoms with van der Waals surface area (Å²) in [5.74, 6) is 1.20. The minimum atomic E-state index is 0. The zero-order valence-electron chi connectivity index (χ0n) is 12.9. The smallest absolute Gasteiger partial charge is 0.133 e. The SMILES string of the molecule is Cl.Cl.Oc1c(I)cc(I)cc1[C@@H](C1CCCC1)N1CCNCC1. The van der Waals surface area contributed by atoms with E-state index in [1.54, 1.807) is 0 Å². The van der Waals surface area contributed by atoms with Gasteiger partial charge in [0.2, 0.25) is 0 Å². The Morgan fingerprint density at radius 2 is 1.70 bits per heavy atom. The van der Waals surface area contributed by atoms with Crippen LogP contribution in [0.15, 0.2) is 12.1 Å². The molecule has 1 atom stereocenters. The standard InChI is InChI=1S/C16H22I2N2O.2ClH/c17-12-9-13(16(21)14(18)10-12)15(11-3-1-2-4-11)20-7-5-19-6-8-20;;/h9-11,15,19,21H,1-8H2;2*1H/t15-;;/m1../s1. The third kappa shape index (κ3) is 5.23. The number of rotatable bonds is 3. The molecule has 2 fully saturated rings. The summed E-state index contributed by atoms with van der Waals surface area (Å²) >= 11 is 4.63. The molecule has 3 nitrogen and oxygen atoms in total. The number of nitrogens with zero attached hydrogens (tertiary/aromatic N) is 1. The van der Waals surface area contributed by atoms with Gasteiger partial charge >= 0.3 is 0 Å². The summed E-state index contributed by atoms with van der Waals surface area (Å²) in [4.78, 5) is 2.59. The molecule has 0 aromatic heterocycles. The zero-order valence-corrected chi connectivity index (χ0v) is 18.9. The first-order valence-electron chi connectivity index (χ1n) is 7.79. The van der Waals surface area contributed by atoms with Gasteiger partial charge in [-0.05, 0) is 76.1 Å². The second-order valence-corrected chi connectivity index (χ2v) is 8.51. The zero-order chi connectivity index (χ0) is 14.8. The Hall–Kier alpha value is 0.980. The van der Waals surface area contributed by atoms with Crippen molar-refractivity contribution in [3.05, 3.63) is 24.8 Å². The van der Waals surface area contributed by atoms with Gasteiger partial charge in [0, 0.05) is 41.4 Å². The van der Waals surface area contributed by atoms with Gasteiger partial charge in [-0.2, -0.15) is 0 Å². The van der Waals surface area contributed by atoms with E-state index in [9.17, 15) is 5.11 Å². The van der Waals surface area contributed by atoms with Crippen LogP contribution in [0.1, 0.15) is 37.3 Å². The summed E-state index contributed by atoms with van der Waals surface area (Å²) in [5.41, 5.74) is 1.15. The molecule has 3 rings (SSSR count). The van der Waals surface area contributed by atoms with Gasteiger partial charge in [-0.25, -0.2) is 0 Å². The fraction of sp³-hybridized carbons (Fsp3) is 0.625. The van der Waals surface area contributed by atoms with Crippen LogP contribution < -0.4 is 5.32 Å².